The summed E-state index contributed by atoms with van der Waals surface area (Å²) in [5, 5.41) is -2.90. The van der Waals surface area contributed by atoms with Crippen LogP contribution in [0.2, 0.25) is 0 Å². The molecular weight excluding hydrogens is 787 g/mol. The molecule has 63 heavy (non-hydrogen) atoms. The van der Waals surface area contributed by atoms with E-state index in [2.05, 4.69) is 0 Å². The zero-order chi connectivity index (χ0) is 73.7. The molecule has 1 spiro atoms. The predicted molar refractivity (Wildman–Crippen MR) is 259 cm³/mol. The van der Waals surface area contributed by atoms with Crippen molar-refractivity contribution in [2.75, 3.05) is 4.90 Å². The minimum atomic E-state index is -3.14. The van der Waals surface area contributed by atoms with Gasteiger partial charge in [0.1, 0.15) is 22.7 Å². The second kappa shape index (κ2) is 14.1. The molecule has 0 radical (unpaired) electrons. The number of benzene rings is 10. The molecule has 1 aromatic heterocycles. The van der Waals surface area contributed by atoms with Crippen LogP contribution in [0.5, 0.6) is 11.5 Å². The molecule has 0 atom stereocenters. The Morgan fingerprint density at radius 2 is 1.05 bits per heavy atom. The average Bonchev–Trinajstić information content (AvgIpc) is 0.771. The number of fused-ring (bicyclic) bond motifs is 13. The Balaban J connectivity index is 1.24. The Hall–Kier alpha value is -7.79. The zero-order valence-electron chi connectivity index (χ0n) is 68.2. The monoisotopic (exact) mass is 860 g/mol. The van der Waals surface area contributed by atoms with Gasteiger partial charge < -0.3 is 14.1 Å². The maximum Gasteiger partial charge on any atom is 0.145 e. The van der Waals surface area contributed by atoms with Gasteiger partial charge in [-0.2, -0.15) is 0 Å². The third-order valence-corrected chi connectivity index (χ3v) is 11.4. The molecule has 3 heterocycles. The average molecular weight is 861 g/mol. The SMILES string of the molecule is [2H]c1c([2H])c([2H])c(-c2c([2H])c([2H])c(N(c3c([2H])c([2H])c(-c4c([2H])c([2H])c([2H])c5c4Sc4c([2H])c([2H])c([2H])c([2H])c4C54c5c([2H])c([2H])c([2H])c([2H])c5Oc5c([2H])c([2H])c([2H])c([2H])c54)c([2H])c3[2H])c3c([2H])c([2H])c([2H])c4c([2H])c([2H])c5c(oc6c([2H])c([2H])c([2H])c([2H])c65)c34)c([2H])c2[2H])c([2H])c1[2H]. The first-order chi connectivity index (χ1) is 46.6. The molecule has 2 aliphatic heterocycles. The fourth-order valence-corrected chi connectivity index (χ4v) is 8.90. The number of hydrogen-bond acceptors (Lipinski definition) is 4. The van der Waals surface area contributed by atoms with E-state index in [0.717, 1.165) is 0 Å². The van der Waals surface area contributed by atoms with Gasteiger partial charge in [0.15, 0.2) is 0 Å². The first-order valence-corrected chi connectivity index (χ1v) is 19.2. The lowest BCUT2D eigenvalue weighted by Crippen LogP contribution is -2.36. The molecule has 4 heteroatoms. The van der Waals surface area contributed by atoms with Crippen molar-refractivity contribution >= 4 is 61.5 Å². The lowest BCUT2D eigenvalue weighted by Gasteiger charge is -2.45. The van der Waals surface area contributed by atoms with Gasteiger partial charge in [0.25, 0.3) is 0 Å². The van der Waals surface area contributed by atoms with Crippen LogP contribution in [0.15, 0.2) is 238 Å². The van der Waals surface area contributed by atoms with Crippen LogP contribution in [0.25, 0.3) is 55.0 Å². The van der Waals surface area contributed by atoms with Gasteiger partial charge in [-0.25, -0.2) is 0 Å². The summed E-state index contributed by atoms with van der Waals surface area (Å²) in [7, 11) is 0. The lowest BCUT2D eigenvalue weighted by molar-refractivity contribution is 0.431. The smallest absolute Gasteiger partial charge is 0.145 e. The van der Waals surface area contributed by atoms with Crippen LogP contribution in [0, 0.1) is 0 Å². The van der Waals surface area contributed by atoms with E-state index in [1.165, 1.54) is 0 Å². The van der Waals surface area contributed by atoms with Gasteiger partial charge in [-0.15, -0.1) is 0 Å². The molecule has 13 rings (SSSR count). The fraction of sp³-hybridized carbons (Fsp3) is 0.0169. The Bertz CT molecular complexity index is 5600. The number of furan rings is 1. The number of nitrogens with zero attached hydrogens (tertiary/aromatic N) is 1. The van der Waals surface area contributed by atoms with Gasteiger partial charge in [-0.1, -0.05) is 175 Å². The van der Waals surface area contributed by atoms with E-state index < -0.39 is 345 Å². The molecule has 0 saturated carbocycles. The van der Waals surface area contributed by atoms with Crippen molar-refractivity contribution in [2.24, 2.45) is 0 Å². The van der Waals surface area contributed by atoms with Gasteiger partial charge in [-0.3, -0.25) is 0 Å². The summed E-state index contributed by atoms with van der Waals surface area (Å²) in [5.74, 6) is -1.86. The molecule has 0 unspecified atom stereocenters. The Labute approximate surface area is 421 Å². The third kappa shape index (κ3) is 5.41. The van der Waals surface area contributed by atoms with Crippen molar-refractivity contribution in [3.63, 3.8) is 0 Å². The van der Waals surface area contributed by atoms with Crippen molar-refractivity contribution in [3.05, 3.63) is 246 Å². The summed E-state index contributed by atoms with van der Waals surface area (Å²) in [6.07, 6.45) is 0. The minimum Gasteiger partial charge on any atom is -0.457 e. The molecule has 0 N–H and O–H groups in total. The molecule has 0 bridgehead atoms. The number of hydrogen-bond donors (Lipinski definition) is 0. The van der Waals surface area contributed by atoms with Crippen molar-refractivity contribution < 1.29 is 59.9 Å². The van der Waals surface area contributed by atoms with Gasteiger partial charge in [0, 0.05) is 48.5 Å². The Morgan fingerprint density at radius 3 is 1.81 bits per heavy atom. The highest BCUT2D eigenvalue weighted by Crippen LogP contribution is 2.62. The molecule has 0 amide bonds. The standard InChI is InChI=1S/C59H37NO2S/c1-2-14-38(15-3-1)39-28-33-42(34-29-39)60(51-23-12-16-41-32-37-46-45-17-4-8-24-52(45)62-57(46)56(41)51)43-35-30-40(31-36-43)44-18-13-22-50-58(44)63-55-27-11-7-21-49(55)59(50)47-19-5-9-25-53(47)61-54-26-10-6-20-48(54)59/h1-37H/i1D,2D,3D,4D,5D,6D,7D,8D,9D,10D,11D,12D,13D,14D,15D,16D,17D,18D,19D,20D,21D,22D,23D,24D,25D,26D,27D,28D,29D,30D,31D,32D,33D,34D,35D,36D,37D. The van der Waals surface area contributed by atoms with Crippen LogP contribution in [0.3, 0.4) is 0 Å². The van der Waals surface area contributed by atoms with E-state index in [0.29, 0.717) is 4.90 Å². The molecule has 2 aliphatic rings. The Kier molecular flexibility index (Phi) is 3.35. The van der Waals surface area contributed by atoms with Crippen molar-refractivity contribution in [2.45, 2.75) is 15.2 Å². The van der Waals surface area contributed by atoms with Gasteiger partial charge in [-0.05, 0) is 99.2 Å². The molecule has 0 fully saturated rings. The van der Waals surface area contributed by atoms with Gasteiger partial charge >= 0.3 is 0 Å². The van der Waals surface area contributed by atoms with Crippen molar-refractivity contribution in [3.8, 4) is 33.8 Å². The van der Waals surface area contributed by atoms with Crippen LogP contribution in [-0.4, -0.2) is 0 Å². The number of rotatable bonds is 5. The molecule has 0 aliphatic carbocycles. The summed E-state index contributed by atoms with van der Waals surface area (Å²) in [4.78, 5) is -1.07. The molecule has 11 aromatic rings. The highest BCUT2D eigenvalue weighted by molar-refractivity contribution is 7.99. The number of para-hydroxylation sites is 3. The highest BCUT2D eigenvalue weighted by Gasteiger charge is 2.49. The van der Waals surface area contributed by atoms with Crippen molar-refractivity contribution in [1.29, 1.82) is 0 Å². The first kappa shape index (κ1) is 14.9. The molecule has 0 saturated heterocycles. The van der Waals surface area contributed by atoms with Crippen LogP contribution in [0.4, 0.5) is 17.1 Å². The third-order valence-electron chi connectivity index (χ3n) is 10.3. The van der Waals surface area contributed by atoms with Crippen molar-refractivity contribution in [1.82, 2.24) is 0 Å². The van der Waals surface area contributed by atoms with Crippen LogP contribution in [0.1, 0.15) is 73.0 Å². The lowest BCUT2D eigenvalue weighted by atomic mass is 9.63. The second-order valence-corrected chi connectivity index (χ2v) is 14.6. The minimum absolute atomic E-state index is 0.248. The molecular formula is C59H37NO2S. The molecule has 10 aromatic carbocycles. The van der Waals surface area contributed by atoms with Crippen LogP contribution < -0.4 is 9.64 Å². The van der Waals surface area contributed by atoms with E-state index >= 15 is 0 Å². The molecule has 3 nitrogen and oxygen atoms in total. The van der Waals surface area contributed by atoms with E-state index in [9.17, 15) is 30.2 Å². The maximum atomic E-state index is 10.2. The summed E-state index contributed by atoms with van der Waals surface area (Å²) in [6.45, 7) is 0. The van der Waals surface area contributed by atoms with E-state index in [1.807, 2.05) is 0 Å². The maximum absolute atomic E-state index is 10.2. The second-order valence-electron chi connectivity index (χ2n) is 13.5. The van der Waals surface area contributed by atoms with E-state index in [1.54, 1.807) is 0 Å². The fourth-order valence-electron chi connectivity index (χ4n) is 7.73. The van der Waals surface area contributed by atoms with E-state index in [-0.39, 0.29) is 11.8 Å². The summed E-state index contributed by atoms with van der Waals surface area (Å²) in [5.41, 5.74) is -15.6. The van der Waals surface area contributed by atoms with Gasteiger partial charge in [0.2, 0.25) is 0 Å². The summed E-state index contributed by atoms with van der Waals surface area (Å²) >= 11 is 0.248. The normalized spacial score (nSPS) is 21.5. The predicted octanol–water partition coefficient (Wildman–Crippen LogP) is 16.5. The Morgan fingerprint density at radius 1 is 0.444 bits per heavy atom. The molecule has 296 valence electrons. The zero-order valence-corrected chi connectivity index (χ0v) is 32.0. The summed E-state index contributed by atoms with van der Waals surface area (Å²) < 4.78 is 356. The largest absolute Gasteiger partial charge is 0.457 e. The first-order valence-electron chi connectivity index (χ1n) is 36.9. The van der Waals surface area contributed by atoms with Gasteiger partial charge in [0.05, 0.1) is 61.8 Å². The topological polar surface area (TPSA) is 25.6 Å². The van der Waals surface area contributed by atoms with E-state index in [4.69, 9.17) is 29.7 Å². The number of anilines is 3. The number of ether oxygens (including phenoxy) is 1. The highest BCUT2D eigenvalue weighted by atomic mass is 32.2. The quantitative estimate of drug-likeness (QED) is 0.172. The summed E-state index contributed by atoms with van der Waals surface area (Å²) in [6, 6.07) is -40.9. The van der Waals surface area contributed by atoms with Crippen LogP contribution in [-0.2, 0) is 5.41 Å². The van der Waals surface area contributed by atoms with Crippen LogP contribution >= 0.6 is 11.8 Å².